The molecule has 2 amide bonds. The molecule has 2 aromatic rings. The number of aliphatic hydroxyl groups is 1. The normalized spacial score (nSPS) is 14.7. The molecule has 3 N–H and O–H groups in total. The van der Waals surface area contributed by atoms with Gasteiger partial charge in [0.05, 0.1) is 22.8 Å². The van der Waals surface area contributed by atoms with Gasteiger partial charge < -0.3 is 10.4 Å². The Bertz CT molecular complexity index is 998. The van der Waals surface area contributed by atoms with E-state index in [-0.39, 0.29) is 28.9 Å². The Kier molecular flexibility index (Phi) is 7.75. The van der Waals surface area contributed by atoms with Crippen molar-refractivity contribution in [3.05, 3.63) is 59.4 Å². The van der Waals surface area contributed by atoms with Crippen molar-refractivity contribution >= 4 is 21.8 Å². The summed E-state index contributed by atoms with van der Waals surface area (Å²) in [4.78, 5) is 28.2. The van der Waals surface area contributed by atoms with Crippen molar-refractivity contribution in [3.8, 4) is 0 Å². The van der Waals surface area contributed by atoms with Crippen molar-refractivity contribution in [2.45, 2.75) is 50.0 Å². The summed E-state index contributed by atoms with van der Waals surface area (Å²) in [6.45, 7) is 0.228. The summed E-state index contributed by atoms with van der Waals surface area (Å²) in [5.41, 5.74) is 1.34. The minimum Gasteiger partial charge on any atom is -0.390 e. The van der Waals surface area contributed by atoms with Gasteiger partial charge >= 0.3 is 0 Å². The van der Waals surface area contributed by atoms with Crippen LogP contribution in [0.1, 0.15) is 53.7 Å². The zero-order chi connectivity index (χ0) is 22.3. The molecular formula is C22H27N3O5S. The van der Waals surface area contributed by atoms with E-state index in [4.69, 9.17) is 5.11 Å². The average molecular weight is 446 g/mol. The fraction of sp³-hybridized carbons (Fsp3) is 0.409. The smallest absolute Gasteiger partial charge is 0.266 e. The minimum atomic E-state index is -4.04. The minimum absolute atomic E-state index is 0.0317. The summed E-state index contributed by atoms with van der Waals surface area (Å²) in [7, 11) is -4.04. The van der Waals surface area contributed by atoms with Crippen LogP contribution in [-0.2, 0) is 27.8 Å². The number of hydrogen-bond donors (Lipinski definition) is 3. The summed E-state index contributed by atoms with van der Waals surface area (Å²) in [5, 5.41) is 11.9. The van der Waals surface area contributed by atoms with Gasteiger partial charge in [0.2, 0.25) is 5.91 Å². The van der Waals surface area contributed by atoms with Gasteiger partial charge in [0.25, 0.3) is 15.9 Å². The molecule has 0 radical (unpaired) electrons. The number of nitrogens with one attached hydrogen (secondary N) is 2. The number of rotatable bonds is 8. The quantitative estimate of drug-likeness (QED) is 0.570. The van der Waals surface area contributed by atoms with Gasteiger partial charge in [-0.3, -0.25) is 14.6 Å². The van der Waals surface area contributed by atoms with E-state index in [0.29, 0.717) is 18.7 Å². The number of aromatic nitrogens is 1. The highest BCUT2D eigenvalue weighted by molar-refractivity contribution is 7.90. The molecule has 1 aromatic heterocycles. The molecule has 1 aliphatic carbocycles. The van der Waals surface area contributed by atoms with Crippen LogP contribution in [0.25, 0.3) is 0 Å². The molecular weight excluding hydrogens is 418 g/mol. The van der Waals surface area contributed by atoms with Crippen LogP contribution in [0.4, 0.5) is 0 Å². The molecule has 8 nitrogen and oxygen atoms in total. The summed E-state index contributed by atoms with van der Waals surface area (Å²) in [6, 6.07) is 9.05. The van der Waals surface area contributed by atoms with Crippen molar-refractivity contribution in [2.75, 3.05) is 6.54 Å². The monoisotopic (exact) mass is 445 g/mol. The molecule has 31 heavy (non-hydrogen) atoms. The van der Waals surface area contributed by atoms with Crippen LogP contribution in [-0.4, -0.2) is 36.9 Å². The molecule has 3 rings (SSSR count). The van der Waals surface area contributed by atoms with Crippen LogP contribution in [0.3, 0.4) is 0 Å². The van der Waals surface area contributed by atoms with Gasteiger partial charge in [-0.15, -0.1) is 0 Å². The molecule has 0 atom stereocenters. The summed E-state index contributed by atoms with van der Waals surface area (Å²) in [5.74, 6) is -0.588. The average Bonchev–Trinajstić information content (AvgIpc) is 2.79. The van der Waals surface area contributed by atoms with Gasteiger partial charge in [0.15, 0.2) is 0 Å². The Morgan fingerprint density at radius 1 is 1.03 bits per heavy atom. The molecule has 0 bridgehead atoms. The van der Waals surface area contributed by atoms with E-state index in [9.17, 15) is 18.0 Å². The Morgan fingerprint density at radius 3 is 2.35 bits per heavy atom. The van der Waals surface area contributed by atoms with E-state index < -0.39 is 15.9 Å². The number of pyridine rings is 1. The second-order valence-electron chi connectivity index (χ2n) is 7.65. The van der Waals surface area contributed by atoms with Crippen LogP contribution in [0.5, 0.6) is 0 Å². The molecule has 9 heteroatoms. The third-order valence-electron chi connectivity index (χ3n) is 5.40. The van der Waals surface area contributed by atoms with E-state index in [1.54, 1.807) is 12.1 Å². The van der Waals surface area contributed by atoms with E-state index in [1.165, 1.54) is 36.9 Å². The Labute approximate surface area is 182 Å². The number of carbonyl (C=O) groups is 2. The van der Waals surface area contributed by atoms with Crippen LogP contribution in [0, 0.1) is 5.92 Å². The SMILES string of the molecule is O=C(NS(=O)(=O)c1ccc(CCNC(=O)C2CCCCC2)cc1)c1ccc(CO)nc1. The molecule has 1 aliphatic rings. The molecule has 0 unspecified atom stereocenters. The van der Waals surface area contributed by atoms with Gasteiger partial charge in [-0.2, -0.15) is 0 Å². The topological polar surface area (TPSA) is 125 Å². The largest absolute Gasteiger partial charge is 0.390 e. The standard InChI is InChI=1S/C22H27N3O5S/c26-15-19-9-8-18(14-24-19)22(28)25-31(29,30)20-10-6-16(7-11-20)12-13-23-21(27)17-4-2-1-3-5-17/h6-11,14,17,26H,1-5,12-13,15H2,(H,23,27)(H,25,28). The lowest BCUT2D eigenvalue weighted by atomic mass is 9.88. The van der Waals surface area contributed by atoms with E-state index in [1.807, 2.05) is 4.72 Å². The number of hydrogen-bond acceptors (Lipinski definition) is 6. The Hall–Kier alpha value is -2.78. The highest BCUT2D eigenvalue weighted by Crippen LogP contribution is 2.23. The van der Waals surface area contributed by atoms with Crippen molar-refractivity contribution in [2.24, 2.45) is 5.92 Å². The lowest BCUT2D eigenvalue weighted by Gasteiger charge is -2.20. The molecule has 0 spiro atoms. The summed E-state index contributed by atoms with van der Waals surface area (Å²) in [6.07, 6.45) is 7.11. The predicted octanol–water partition coefficient (Wildman–Crippen LogP) is 1.93. The Morgan fingerprint density at radius 2 is 1.74 bits per heavy atom. The lowest BCUT2D eigenvalue weighted by molar-refractivity contribution is -0.125. The second kappa shape index (κ2) is 10.5. The van der Waals surface area contributed by atoms with Gasteiger partial charge in [-0.1, -0.05) is 31.4 Å². The van der Waals surface area contributed by atoms with Gasteiger partial charge in [0.1, 0.15) is 0 Å². The molecule has 1 saturated carbocycles. The third-order valence-corrected chi connectivity index (χ3v) is 6.75. The second-order valence-corrected chi connectivity index (χ2v) is 9.33. The molecule has 166 valence electrons. The van der Waals surface area contributed by atoms with E-state index in [0.717, 1.165) is 31.2 Å². The van der Waals surface area contributed by atoms with Gasteiger partial charge in [-0.25, -0.2) is 13.1 Å². The van der Waals surface area contributed by atoms with Crippen LogP contribution in [0.15, 0.2) is 47.5 Å². The maximum atomic E-state index is 12.5. The van der Waals surface area contributed by atoms with E-state index in [2.05, 4.69) is 10.3 Å². The fourth-order valence-corrected chi connectivity index (χ4v) is 4.54. The zero-order valence-corrected chi connectivity index (χ0v) is 18.0. The van der Waals surface area contributed by atoms with Gasteiger partial charge in [-0.05, 0) is 49.1 Å². The highest BCUT2D eigenvalue weighted by atomic mass is 32.2. The first-order valence-corrected chi connectivity index (χ1v) is 11.9. The first kappa shape index (κ1) is 22.9. The highest BCUT2D eigenvalue weighted by Gasteiger charge is 2.21. The van der Waals surface area contributed by atoms with Crippen LogP contribution in [0.2, 0.25) is 0 Å². The van der Waals surface area contributed by atoms with Crippen molar-refractivity contribution in [1.29, 1.82) is 0 Å². The molecule has 1 aromatic carbocycles. The Balaban J connectivity index is 1.52. The summed E-state index contributed by atoms with van der Waals surface area (Å²) >= 11 is 0. The summed E-state index contributed by atoms with van der Waals surface area (Å²) < 4.78 is 27.0. The van der Waals surface area contributed by atoms with Gasteiger partial charge in [0, 0.05) is 18.7 Å². The molecule has 0 aliphatic heterocycles. The zero-order valence-electron chi connectivity index (χ0n) is 17.2. The number of benzene rings is 1. The maximum Gasteiger partial charge on any atom is 0.266 e. The molecule has 0 saturated heterocycles. The maximum absolute atomic E-state index is 12.5. The first-order valence-electron chi connectivity index (χ1n) is 10.4. The van der Waals surface area contributed by atoms with Crippen LogP contribution >= 0.6 is 0 Å². The van der Waals surface area contributed by atoms with E-state index >= 15 is 0 Å². The third kappa shape index (κ3) is 6.35. The number of sulfonamides is 1. The first-order chi connectivity index (χ1) is 14.9. The number of carbonyl (C=O) groups excluding carboxylic acids is 2. The fourth-order valence-electron chi connectivity index (χ4n) is 3.57. The molecule has 1 fully saturated rings. The van der Waals surface area contributed by atoms with Crippen molar-refractivity contribution < 1.29 is 23.1 Å². The van der Waals surface area contributed by atoms with Crippen molar-refractivity contribution in [1.82, 2.24) is 15.0 Å². The number of aliphatic hydroxyl groups excluding tert-OH is 1. The number of nitrogens with zero attached hydrogens (tertiary/aromatic N) is 1. The lowest BCUT2D eigenvalue weighted by Crippen LogP contribution is -2.33. The number of amides is 2. The molecule has 1 heterocycles. The van der Waals surface area contributed by atoms with Crippen LogP contribution < -0.4 is 10.0 Å². The predicted molar refractivity (Wildman–Crippen MR) is 115 cm³/mol. The van der Waals surface area contributed by atoms with Crippen molar-refractivity contribution in [3.63, 3.8) is 0 Å².